The van der Waals surface area contributed by atoms with E-state index >= 15 is 0 Å². The fourth-order valence-corrected chi connectivity index (χ4v) is 3.47. The van der Waals surface area contributed by atoms with Crippen LogP contribution in [0.4, 0.5) is 13.2 Å². The van der Waals surface area contributed by atoms with Crippen molar-refractivity contribution >= 4 is 16.9 Å². The molecule has 1 aliphatic rings. The molecule has 0 saturated heterocycles. The summed E-state index contributed by atoms with van der Waals surface area (Å²) in [6.07, 6.45) is 3.63. The lowest BCUT2D eigenvalue weighted by molar-refractivity contribution is -0.0795. The highest BCUT2D eigenvalue weighted by Crippen LogP contribution is 2.28. The zero-order valence-electron chi connectivity index (χ0n) is 25.7. The average Bonchev–Trinajstić information content (AvgIpc) is 3.11. The number of rotatable bonds is 6. The molecule has 3 nitrogen and oxygen atoms in total. The van der Waals surface area contributed by atoms with Gasteiger partial charge in [-0.25, -0.2) is 0 Å². The lowest BCUT2D eigenvalue weighted by Gasteiger charge is -2.15. The van der Waals surface area contributed by atoms with Crippen LogP contribution in [-0.2, 0) is 6.54 Å². The number of carbonyl (C=O) groups is 1. The third kappa shape index (κ3) is 13.4. The van der Waals surface area contributed by atoms with E-state index in [1.165, 1.54) is 17.7 Å². The summed E-state index contributed by atoms with van der Waals surface area (Å²) >= 11 is 0. The van der Waals surface area contributed by atoms with Crippen LogP contribution in [0.25, 0.3) is 11.1 Å². The Hall–Kier alpha value is -3.85. The molecule has 0 N–H and O–H groups in total. The fraction of sp³-hybridized carbons (Fsp3) is 0.371. The van der Waals surface area contributed by atoms with Crippen molar-refractivity contribution in [1.29, 1.82) is 0 Å². The van der Waals surface area contributed by atoms with Crippen molar-refractivity contribution in [3.05, 3.63) is 107 Å². The van der Waals surface area contributed by atoms with Gasteiger partial charge in [0.1, 0.15) is 0 Å². The van der Waals surface area contributed by atoms with Crippen LogP contribution in [0.1, 0.15) is 83.5 Å². The van der Waals surface area contributed by atoms with Gasteiger partial charge in [-0.1, -0.05) is 96.9 Å². The SMILES string of the molecule is C=CC(=O)c1cn(CCC)c(C2=CC(c3ccccc3C)=CC(C)C#C2)cc1=O.C=CC(F)(F)F.CC.CC(C)C.[HH]. The van der Waals surface area contributed by atoms with Crippen LogP contribution in [0.5, 0.6) is 0 Å². The molecule has 1 aromatic carbocycles. The Labute approximate surface area is 245 Å². The maximum atomic E-state index is 12.6. The summed E-state index contributed by atoms with van der Waals surface area (Å²) in [4.78, 5) is 24.7. The molecule has 0 saturated carbocycles. The molecule has 2 aromatic rings. The maximum Gasteiger partial charge on any atom is 0.409 e. The molecule has 224 valence electrons. The van der Waals surface area contributed by atoms with Gasteiger partial charge >= 0.3 is 6.18 Å². The largest absolute Gasteiger partial charge is 0.409 e. The average molecular weight is 570 g/mol. The number of nitrogens with zero attached hydrogens (tertiary/aromatic N) is 1. The highest BCUT2D eigenvalue weighted by Gasteiger charge is 2.20. The summed E-state index contributed by atoms with van der Waals surface area (Å²) in [5.74, 6) is 7.07. The summed E-state index contributed by atoms with van der Waals surface area (Å²) in [6.45, 7) is 23.4. The lowest BCUT2D eigenvalue weighted by Crippen LogP contribution is -2.19. The van der Waals surface area contributed by atoms with E-state index in [9.17, 15) is 22.8 Å². The van der Waals surface area contributed by atoms with E-state index in [0.717, 1.165) is 34.7 Å². The molecule has 41 heavy (non-hydrogen) atoms. The summed E-state index contributed by atoms with van der Waals surface area (Å²) < 4.78 is 33.9. The number of aryl methyl sites for hydroxylation is 2. The van der Waals surface area contributed by atoms with Crippen molar-refractivity contribution in [2.75, 3.05) is 0 Å². The molecule has 3 rings (SSSR count). The van der Waals surface area contributed by atoms with Gasteiger partial charge in [-0.2, -0.15) is 13.2 Å². The molecule has 1 unspecified atom stereocenters. The molecule has 1 heterocycles. The Kier molecular flexibility index (Phi) is 16.8. The predicted molar refractivity (Wildman–Crippen MR) is 170 cm³/mol. The number of pyridine rings is 1. The molecule has 0 bridgehead atoms. The van der Waals surface area contributed by atoms with Gasteiger partial charge in [0.25, 0.3) is 0 Å². The summed E-state index contributed by atoms with van der Waals surface area (Å²) in [7, 11) is 0. The van der Waals surface area contributed by atoms with Gasteiger partial charge in [-0.05, 0) is 55.0 Å². The first-order chi connectivity index (χ1) is 19.2. The molecule has 1 atom stereocenters. The Morgan fingerprint density at radius 2 is 1.73 bits per heavy atom. The van der Waals surface area contributed by atoms with Gasteiger partial charge in [-0.15, -0.1) is 0 Å². The van der Waals surface area contributed by atoms with Gasteiger partial charge < -0.3 is 4.57 Å². The first-order valence-corrected chi connectivity index (χ1v) is 13.9. The first kappa shape index (κ1) is 37.1. The molecule has 0 aliphatic heterocycles. The maximum absolute atomic E-state index is 12.6. The monoisotopic (exact) mass is 569 g/mol. The van der Waals surface area contributed by atoms with Crippen molar-refractivity contribution in [1.82, 2.24) is 4.57 Å². The predicted octanol–water partition coefficient (Wildman–Crippen LogP) is 9.72. The number of carbonyl (C=O) groups excluding carboxylic acids is 1. The molecule has 6 heteroatoms. The third-order valence-electron chi connectivity index (χ3n) is 5.17. The number of aromatic nitrogens is 1. The lowest BCUT2D eigenvalue weighted by atomic mass is 9.96. The molecule has 0 radical (unpaired) electrons. The van der Waals surface area contributed by atoms with Gasteiger partial charge in [0, 0.05) is 37.8 Å². The minimum absolute atomic E-state index is 0. The second kappa shape index (κ2) is 18.5. The zero-order valence-corrected chi connectivity index (χ0v) is 25.7. The van der Waals surface area contributed by atoms with Crippen molar-refractivity contribution in [3.63, 3.8) is 0 Å². The number of allylic oxidation sites excluding steroid dienone is 6. The zero-order chi connectivity index (χ0) is 31.8. The second-order valence-electron chi connectivity index (χ2n) is 9.73. The van der Waals surface area contributed by atoms with E-state index in [1.807, 2.05) is 30.5 Å². The standard InChI is InChI=1S/C26H25NO2.C4H10.C3H3F3.C2H6.H2/c1-5-13-27-17-23(25(28)6-2)26(29)16-24(27)20-12-11-18(3)14-21(15-20)22-10-8-7-9-19(22)4;1-4(2)3;1-2-3(4,5)6;1-2;/h6-10,14-18H,2,5,13H2,1,3-4H3;4H,1-3H3;2H,1H2;1-2H3;1H. The van der Waals surface area contributed by atoms with Crippen LogP contribution < -0.4 is 5.43 Å². The second-order valence-corrected chi connectivity index (χ2v) is 9.73. The number of benzene rings is 1. The summed E-state index contributed by atoms with van der Waals surface area (Å²) in [5.41, 5.74) is 4.75. The van der Waals surface area contributed by atoms with Crippen LogP contribution in [-0.4, -0.2) is 16.5 Å². The van der Waals surface area contributed by atoms with E-state index in [-0.39, 0.29) is 30.2 Å². The smallest absolute Gasteiger partial charge is 0.346 e. The summed E-state index contributed by atoms with van der Waals surface area (Å²) in [5, 5.41) is 0. The Balaban J connectivity index is 0. The molecular weight excluding hydrogens is 523 g/mol. The van der Waals surface area contributed by atoms with E-state index in [2.05, 4.69) is 90.8 Å². The van der Waals surface area contributed by atoms with Crippen molar-refractivity contribution in [3.8, 4) is 11.8 Å². The quantitative estimate of drug-likeness (QED) is 0.150. The minimum Gasteiger partial charge on any atom is -0.346 e. The van der Waals surface area contributed by atoms with Crippen molar-refractivity contribution < 1.29 is 19.4 Å². The van der Waals surface area contributed by atoms with Gasteiger partial charge in [0.2, 0.25) is 0 Å². The Morgan fingerprint density at radius 3 is 2.22 bits per heavy atom. The van der Waals surface area contributed by atoms with Crippen LogP contribution in [0.15, 0.2) is 78.8 Å². The minimum atomic E-state index is -4.19. The van der Waals surface area contributed by atoms with Crippen molar-refractivity contribution in [2.24, 2.45) is 11.8 Å². The number of hydrogen-bond donors (Lipinski definition) is 0. The van der Waals surface area contributed by atoms with Crippen LogP contribution in [0.3, 0.4) is 0 Å². The number of alkyl halides is 3. The highest BCUT2D eigenvalue weighted by atomic mass is 19.4. The molecular formula is C35H46F3NO2. The number of ketones is 1. The van der Waals surface area contributed by atoms with E-state index in [0.29, 0.717) is 6.54 Å². The van der Waals surface area contributed by atoms with E-state index in [4.69, 9.17) is 0 Å². The van der Waals surface area contributed by atoms with E-state index in [1.54, 1.807) is 6.20 Å². The number of hydrogen-bond acceptors (Lipinski definition) is 2. The van der Waals surface area contributed by atoms with Crippen molar-refractivity contribution in [2.45, 2.75) is 74.5 Å². The normalized spacial score (nSPS) is 13.6. The third-order valence-corrected chi connectivity index (χ3v) is 5.17. The molecule has 0 fully saturated rings. The molecule has 1 aromatic heterocycles. The number of halogens is 3. The summed E-state index contributed by atoms with van der Waals surface area (Å²) in [6, 6.07) is 9.75. The van der Waals surface area contributed by atoms with Crippen LogP contribution >= 0.6 is 0 Å². The Morgan fingerprint density at radius 1 is 1.17 bits per heavy atom. The van der Waals surface area contributed by atoms with Crippen LogP contribution in [0, 0.1) is 30.6 Å². The highest BCUT2D eigenvalue weighted by molar-refractivity contribution is 6.04. The van der Waals surface area contributed by atoms with E-state index < -0.39 is 6.18 Å². The molecule has 0 amide bonds. The Bertz CT molecular complexity index is 1350. The molecule has 0 spiro atoms. The first-order valence-electron chi connectivity index (χ1n) is 13.9. The topological polar surface area (TPSA) is 39.1 Å². The fourth-order valence-electron chi connectivity index (χ4n) is 3.47. The van der Waals surface area contributed by atoms with Gasteiger partial charge in [0.05, 0.1) is 11.3 Å². The van der Waals surface area contributed by atoms with Gasteiger partial charge in [-0.3, -0.25) is 9.59 Å². The van der Waals surface area contributed by atoms with Crippen LogP contribution in [0.2, 0.25) is 0 Å². The molecule has 1 aliphatic carbocycles. The van der Waals surface area contributed by atoms with Gasteiger partial charge in [0.15, 0.2) is 11.2 Å².